The number of nitrogens with two attached hydrogens (primary N) is 1. The van der Waals surface area contributed by atoms with Gasteiger partial charge in [-0.25, -0.2) is 0 Å². The first-order valence-corrected chi connectivity index (χ1v) is 5.74. The highest BCUT2D eigenvalue weighted by atomic mass is 16.7. The average molecular weight is 281 g/mol. The van der Waals surface area contributed by atoms with Gasteiger partial charge in [0.2, 0.25) is 0 Å². The molecular formula is C10H19NO8. The molecule has 1 aliphatic heterocycles. The average Bonchev–Trinajstić information content (AvgIpc) is 2.38. The summed E-state index contributed by atoms with van der Waals surface area (Å²) in [6, 6.07) is -1.34. The molecule has 0 spiro atoms. The SMILES string of the molecule is CC(OC1OC(CO)C(O)C(O)C1O)C(N)C(=O)O. The third-order valence-corrected chi connectivity index (χ3v) is 2.99. The zero-order valence-corrected chi connectivity index (χ0v) is 10.3. The number of carboxylic acids is 1. The lowest BCUT2D eigenvalue weighted by Crippen LogP contribution is -2.60. The standard InChI is InChI=1S/C10H19NO8/c1-3(5(11)9(16)17)18-10-8(15)7(14)6(13)4(2-12)19-10/h3-8,10,12-15H,2,11H2,1H3,(H,16,17). The van der Waals surface area contributed by atoms with Crippen molar-refractivity contribution in [3.63, 3.8) is 0 Å². The Kier molecular flexibility index (Phi) is 5.62. The summed E-state index contributed by atoms with van der Waals surface area (Å²) in [4.78, 5) is 10.7. The minimum atomic E-state index is -1.58. The monoisotopic (exact) mass is 281 g/mol. The highest BCUT2D eigenvalue weighted by molar-refractivity contribution is 5.73. The maximum absolute atomic E-state index is 10.7. The van der Waals surface area contributed by atoms with E-state index in [0.29, 0.717) is 0 Å². The van der Waals surface area contributed by atoms with Gasteiger partial charge >= 0.3 is 5.97 Å². The normalized spacial score (nSPS) is 38.7. The molecule has 7 unspecified atom stereocenters. The minimum Gasteiger partial charge on any atom is -0.480 e. The lowest BCUT2D eigenvalue weighted by atomic mass is 9.99. The van der Waals surface area contributed by atoms with Crippen LogP contribution in [0.4, 0.5) is 0 Å². The molecule has 0 radical (unpaired) electrons. The third-order valence-electron chi connectivity index (χ3n) is 2.99. The number of aliphatic hydroxyl groups excluding tert-OH is 4. The molecule has 1 fully saturated rings. The molecular weight excluding hydrogens is 262 g/mol. The topological polar surface area (TPSA) is 163 Å². The Morgan fingerprint density at radius 3 is 2.37 bits per heavy atom. The van der Waals surface area contributed by atoms with E-state index in [1.54, 1.807) is 0 Å². The van der Waals surface area contributed by atoms with Crippen LogP contribution >= 0.6 is 0 Å². The lowest BCUT2D eigenvalue weighted by Gasteiger charge is -2.40. The molecule has 9 nitrogen and oxygen atoms in total. The number of aliphatic hydroxyl groups is 4. The Labute approximate surface area is 109 Å². The molecule has 7 atom stereocenters. The maximum Gasteiger partial charge on any atom is 0.323 e. The van der Waals surface area contributed by atoms with Gasteiger partial charge in [0.25, 0.3) is 0 Å². The van der Waals surface area contributed by atoms with E-state index in [4.69, 9.17) is 25.4 Å². The molecule has 0 aliphatic carbocycles. The third kappa shape index (κ3) is 3.60. The molecule has 1 heterocycles. The highest BCUT2D eigenvalue weighted by Gasteiger charge is 2.45. The van der Waals surface area contributed by atoms with Gasteiger partial charge in [0.1, 0.15) is 30.5 Å². The molecule has 112 valence electrons. The number of carbonyl (C=O) groups is 1. The van der Waals surface area contributed by atoms with Crippen molar-refractivity contribution in [3.8, 4) is 0 Å². The predicted octanol–water partition coefficient (Wildman–Crippen LogP) is -3.40. The van der Waals surface area contributed by atoms with Gasteiger partial charge in [-0.05, 0) is 6.92 Å². The van der Waals surface area contributed by atoms with Crippen molar-refractivity contribution in [2.75, 3.05) is 6.61 Å². The Morgan fingerprint density at radius 1 is 1.32 bits per heavy atom. The number of carboxylic acid groups (broad SMARTS) is 1. The molecule has 1 saturated heterocycles. The largest absolute Gasteiger partial charge is 0.480 e. The second-order valence-electron chi connectivity index (χ2n) is 4.40. The molecule has 0 aromatic rings. The van der Waals surface area contributed by atoms with Crippen LogP contribution in [0.5, 0.6) is 0 Å². The first-order chi connectivity index (χ1) is 8.79. The summed E-state index contributed by atoms with van der Waals surface area (Å²) in [7, 11) is 0. The van der Waals surface area contributed by atoms with Crippen LogP contribution in [-0.2, 0) is 14.3 Å². The fourth-order valence-corrected chi connectivity index (χ4v) is 1.68. The van der Waals surface area contributed by atoms with Crippen molar-refractivity contribution < 1.29 is 39.8 Å². The van der Waals surface area contributed by atoms with E-state index in [1.807, 2.05) is 0 Å². The molecule has 0 saturated carbocycles. The van der Waals surface area contributed by atoms with E-state index < -0.39 is 55.4 Å². The molecule has 9 heteroatoms. The van der Waals surface area contributed by atoms with E-state index in [0.717, 1.165) is 0 Å². The van der Waals surface area contributed by atoms with Gasteiger partial charge < -0.3 is 40.7 Å². The summed E-state index contributed by atoms with van der Waals surface area (Å²) < 4.78 is 10.2. The smallest absolute Gasteiger partial charge is 0.323 e. The molecule has 1 rings (SSSR count). The van der Waals surface area contributed by atoms with Crippen LogP contribution in [0.2, 0.25) is 0 Å². The molecule has 0 amide bonds. The van der Waals surface area contributed by atoms with Crippen molar-refractivity contribution in [1.82, 2.24) is 0 Å². The van der Waals surface area contributed by atoms with Gasteiger partial charge in [-0.15, -0.1) is 0 Å². The quantitative estimate of drug-likeness (QED) is 0.301. The first-order valence-electron chi connectivity index (χ1n) is 5.74. The Morgan fingerprint density at radius 2 is 1.89 bits per heavy atom. The van der Waals surface area contributed by atoms with Crippen LogP contribution in [0.25, 0.3) is 0 Å². The Bertz CT molecular complexity index is 312. The Hall–Kier alpha value is -0.810. The number of aliphatic carboxylic acids is 1. The number of ether oxygens (including phenoxy) is 2. The van der Waals surface area contributed by atoms with Gasteiger partial charge in [-0.3, -0.25) is 4.79 Å². The maximum atomic E-state index is 10.7. The van der Waals surface area contributed by atoms with E-state index in [2.05, 4.69) is 0 Å². The predicted molar refractivity (Wildman–Crippen MR) is 59.9 cm³/mol. The van der Waals surface area contributed by atoms with Crippen LogP contribution < -0.4 is 5.73 Å². The first kappa shape index (κ1) is 16.2. The van der Waals surface area contributed by atoms with Gasteiger partial charge in [-0.1, -0.05) is 0 Å². The van der Waals surface area contributed by atoms with E-state index in [9.17, 15) is 20.1 Å². The summed E-state index contributed by atoms with van der Waals surface area (Å²) in [5, 5.41) is 46.4. The van der Waals surface area contributed by atoms with E-state index in [1.165, 1.54) is 6.92 Å². The van der Waals surface area contributed by atoms with Gasteiger partial charge in [0, 0.05) is 0 Å². The Balaban J connectivity index is 2.69. The molecule has 0 aromatic heterocycles. The minimum absolute atomic E-state index is 0.593. The zero-order chi connectivity index (χ0) is 14.7. The van der Waals surface area contributed by atoms with Gasteiger partial charge in [-0.2, -0.15) is 0 Å². The van der Waals surface area contributed by atoms with Gasteiger partial charge in [0.15, 0.2) is 6.29 Å². The van der Waals surface area contributed by atoms with Crippen LogP contribution in [0.15, 0.2) is 0 Å². The fourth-order valence-electron chi connectivity index (χ4n) is 1.68. The molecule has 1 aliphatic rings. The van der Waals surface area contributed by atoms with Crippen molar-refractivity contribution in [2.45, 2.75) is 49.8 Å². The molecule has 0 bridgehead atoms. The molecule has 0 aromatic carbocycles. The van der Waals surface area contributed by atoms with Crippen molar-refractivity contribution in [3.05, 3.63) is 0 Å². The number of rotatable bonds is 5. The number of hydrogen-bond acceptors (Lipinski definition) is 8. The summed E-state index contributed by atoms with van der Waals surface area (Å²) in [5.41, 5.74) is 5.33. The van der Waals surface area contributed by atoms with Crippen LogP contribution in [0.1, 0.15) is 6.92 Å². The van der Waals surface area contributed by atoms with E-state index >= 15 is 0 Å². The second-order valence-corrected chi connectivity index (χ2v) is 4.40. The van der Waals surface area contributed by atoms with E-state index in [-0.39, 0.29) is 0 Å². The zero-order valence-electron chi connectivity index (χ0n) is 10.3. The lowest BCUT2D eigenvalue weighted by molar-refractivity contribution is -0.310. The van der Waals surface area contributed by atoms with Crippen LogP contribution in [0.3, 0.4) is 0 Å². The summed E-state index contributed by atoms with van der Waals surface area (Å²) in [5.74, 6) is -1.29. The van der Waals surface area contributed by atoms with Crippen LogP contribution in [-0.4, -0.2) is 81.0 Å². The molecule has 7 N–H and O–H groups in total. The molecule has 19 heavy (non-hydrogen) atoms. The van der Waals surface area contributed by atoms with Crippen molar-refractivity contribution in [2.24, 2.45) is 5.73 Å². The summed E-state index contributed by atoms with van der Waals surface area (Å²) in [6.45, 7) is 0.768. The number of hydrogen-bond donors (Lipinski definition) is 6. The second kappa shape index (κ2) is 6.57. The van der Waals surface area contributed by atoms with Gasteiger partial charge in [0.05, 0.1) is 12.7 Å². The highest BCUT2D eigenvalue weighted by Crippen LogP contribution is 2.23. The fraction of sp³-hybridized carbons (Fsp3) is 0.900. The van der Waals surface area contributed by atoms with Crippen molar-refractivity contribution in [1.29, 1.82) is 0 Å². The van der Waals surface area contributed by atoms with Crippen LogP contribution in [0, 0.1) is 0 Å². The summed E-state index contributed by atoms with van der Waals surface area (Å²) >= 11 is 0. The summed E-state index contributed by atoms with van der Waals surface area (Å²) in [6.07, 6.45) is -8.17. The van der Waals surface area contributed by atoms with Crippen molar-refractivity contribution >= 4 is 5.97 Å².